The van der Waals surface area contributed by atoms with Crippen LogP contribution in [-0.2, 0) is 9.84 Å². The Balaban J connectivity index is 1.84. The summed E-state index contributed by atoms with van der Waals surface area (Å²) in [6.07, 6.45) is 0. The normalized spacial score (nSPS) is 30.8. The standard InChI is InChI=1S/C12H24N2O2S/c1-12(2,3)17(15,16)5-4-14-8-10-6-13-7-11(10)9-14/h10-11,13H,4-9H2,1-3H3/t10-,11+. The van der Waals surface area contributed by atoms with Crippen molar-refractivity contribution in [3.05, 3.63) is 0 Å². The molecule has 0 aromatic rings. The maximum atomic E-state index is 12.0. The molecule has 4 nitrogen and oxygen atoms in total. The fraction of sp³-hybridized carbons (Fsp3) is 1.00. The van der Waals surface area contributed by atoms with Gasteiger partial charge in [0.25, 0.3) is 0 Å². The van der Waals surface area contributed by atoms with Crippen molar-refractivity contribution in [1.29, 1.82) is 0 Å². The lowest BCUT2D eigenvalue weighted by Gasteiger charge is -2.22. The van der Waals surface area contributed by atoms with E-state index in [1.165, 1.54) is 0 Å². The van der Waals surface area contributed by atoms with Crippen LogP contribution < -0.4 is 5.32 Å². The molecule has 17 heavy (non-hydrogen) atoms. The predicted molar refractivity (Wildman–Crippen MR) is 69.8 cm³/mol. The maximum absolute atomic E-state index is 12.0. The lowest BCUT2D eigenvalue weighted by molar-refractivity contribution is 0.330. The second-order valence-electron chi connectivity index (χ2n) is 6.37. The SMILES string of the molecule is CC(C)(C)S(=O)(=O)CCN1C[C@H]2CNC[C@H]2C1. The van der Waals surface area contributed by atoms with Crippen molar-refractivity contribution < 1.29 is 8.42 Å². The fourth-order valence-corrected chi connectivity index (χ4v) is 3.80. The molecular weight excluding hydrogens is 236 g/mol. The molecule has 2 rings (SSSR count). The molecule has 2 aliphatic rings. The second-order valence-corrected chi connectivity index (χ2v) is 9.23. The summed E-state index contributed by atoms with van der Waals surface area (Å²) < 4.78 is 23.4. The van der Waals surface area contributed by atoms with Crippen molar-refractivity contribution in [3.8, 4) is 0 Å². The highest BCUT2D eigenvalue weighted by Gasteiger charge is 2.37. The Bertz CT molecular complexity index is 360. The van der Waals surface area contributed by atoms with Gasteiger partial charge >= 0.3 is 0 Å². The van der Waals surface area contributed by atoms with E-state index in [4.69, 9.17) is 0 Å². The largest absolute Gasteiger partial charge is 0.316 e. The van der Waals surface area contributed by atoms with Gasteiger partial charge in [-0.15, -0.1) is 0 Å². The summed E-state index contributed by atoms with van der Waals surface area (Å²) in [6, 6.07) is 0. The molecule has 0 unspecified atom stereocenters. The summed E-state index contributed by atoms with van der Waals surface area (Å²) in [7, 11) is -2.97. The molecule has 100 valence electrons. The molecule has 0 saturated carbocycles. The average Bonchev–Trinajstić information content (AvgIpc) is 2.71. The van der Waals surface area contributed by atoms with Crippen molar-refractivity contribution in [2.24, 2.45) is 11.8 Å². The highest BCUT2D eigenvalue weighted by atomic mass is 32.2. The quantitative estimate of drug-likeness (QED) is 0.795. The van der Waals surface area contributed by atoms with Crippen LogP contribution in [0.5, 0.6) is 0 Å². The highest BCUT2D eigenvalue weighted by molar-refractivity contribution is 7.92. The van der Waals surface area contributed by atoms with Gasteiger partial charge in [-0.05, 0) is 45.7 Å². The predicted octanol–water partition coefficient (Wildman–Crippen LogP) is 0.351. The van der Waals surface area contributed by atoms with Crippen LogP contribution in [0.4, 0.5) is 0 Å². The molecule has 2 heterocycles. The van der Waals surface area contributed by atoms with Gasteiger partial charge in [-0.25, -0.2) is 8.42 Å². The maximum Gasteiger partial charge on any atom is 0.156 e. The lowest BCUT2D eigenvalue weighted by atomic mass is 10.0. The molecule has 0 bridgehead atoms. The summed E-state index contributed by atoms with van der Waals surface area (Å²) in [6.45, 7) is 10.4. The van der Waals surface area contributed by atoms with Crippen LogP contribution in [0.2, 0.25) is 0 Å². The Morgan fingerprint density at radius 2 is 1.71 bits per heavy atom. The molecule has 2 aliphatic heterocycles. The summed E-state index contributed by atoms with van der Waals surface area (Å²) in [5.74, 6) is 1.78. The number of rotatable bonds is 3. The summed E-state index contributed by atoms with van der Waals surface area (Å²) >= 11 is 0. The zero-order valence-corrected chi connectivity index (χ0v) is 11.9. The van der Waals surface area contributed by atoms with Crippen LogP contribution in [0.3, 0.4) is 0 Å². The minimum Gasteiger partial charge on any atom is -0.316 e. The zero-order chi connectivity index (χ0) is 12.7. The van der Waals surface area contributed by atoms with Crippen molar-refractivity contribution >= 4 is 9.84 Å². The zero-order valence-electron chi connectivity index (χ0n) is 11.1. The van der Waals surface area contributed by atoms with Crippen LogP contribution in [-0.4, -0.2) is 56.5 Å². The first-order chi connectivity index (χ1) is 7.79. The van der Waals surface area contributed by atoms with E-state index in [0.717, 1.165) is 38.0 Å². The van der Waals surface area contributed by atoms with Crippen LogP contribution in [0.1, 0.15) is 20.8 Å². The summed E-state index contributed by atoms with van der Waals surface area (Å²) in [5.41, 5.74) is 0. The van der Waals surface area contributed by atoms with E-state index >= 15 is 0 Å². The molecule has 2 atom stereocenters. The number of nitrogens with one attached hydrogen (secondary N) is 1. The average molecular weight is 260 g/mol. The van der Waals surface area contributed by atoms with E-state index in [-0.39, 0.29) is 0 Å². The van der Waals surface area contributed by atoms with Gasteiger partial charge < -0.3 is 10.2 Å². The van der Waals surface area contributed by atoms with Gasteiger partial charge in [0.2, 0.25) is 0 Å². The number of sulfone groups is 1. The first-order valence-corrected chi connectivity index (χ1v) is 8.10. The van der Waals surface area contributed by atoms with E-state index in [9.17, 15) is 8.42 Å². The smallest absolute Gasteiger partial charge is 0.156 e. The Labute approximate surface area is 105 Å². The van der Waals surface area contributed by atoms with Gasteiger partial charge in [0.05, 0.1) is 10.5 Å². The number of likely N-dealkylation sites (tertiary alicyclic amines) is 1. The summed E-state index contributed by atoms with van der Waals surface area (Å²) in [5, 5.41) is 3.40. The molecule has 0 amide bonds. The first kappa shape index (κ1) is 13.3. The Hall–Kier alpha value is -0.130. The highest BCUT2D eigenvalue weighted by Crippen LogP contribution is 2.26. The monoisotopic (exact) mass is 260 g/mol. The van der Waals surface area contributed by atoms with E-state index < -0.39 is 14.6 Å². The van der Waals surface area contributed by atoms with Crippen LogP contribution >= 0.6 is 0 Å². The minimum atomic E-state index is -2.97. The Morgan fingerprint density at radius 1 is 1.18 bits per heavy atom. The molecule has 0 spiro atoms. The van der Waals surface area contributed by atoms with Crippen molar-refractivity contribution in [2.75, 3.05) is 38.5 Å². The molecular formula is C12H24N2O2S. The number of hydrogen-bond acceptors (Lipinski definition) is 4. The van der Waals surface area contributed by atoms with E-state index in [0.29, 0.717) is 12.3 Å². The minimum absolute atomic E-state index is 0.295. The van der Waals surface area contributed by atoms with Gasteiger partial charge in [-0.2, -0.15) is 0 Å². The van der Waals surface area contributed by atoms with Crippen molar-refractivity contribution in [2.45, 2.75) is 25.5 Å². The van der Waals surface area contributed by atoms with Gasteiger partial charge in [0, 0.05) is 19.6 Å². The third-order valence-corrected chi connectivity index (χ3v) is 6.66. The number of fused-ring (bicyclic) bond motifs is 1. The van der Waals surface area contributed by atoms with Crippen LogP contribution in [0, 0.1) is 11.8 Å². The van der Waals surface area contributed by atoms with Gasteiger partial charge in [0.15, 0.2) is 9.84 Å². The molecule has 2 fully saturated rings. The van der Waals surface area contributed by atoms with E-state index in [1.54, 1.807) is 20.8 Å². The molecule has 0 aromatic carbocycles. The summed E-state index contributed by atoms with van der Waals surface area (Å²) in [4.78, 5) is 2.32. The third kappa shape index (κ3) is 2.83. The molecule has 2 saturated heterocycles. The molecule has 0 radical (unpaired) electrons. The third-order valence-electron chi connectivity index (χ3n) is 4.07. The Kier molecular flexibility index (Phi) is 3.54. The Morgan fingerprint density at radius 3 is 2.18 bits per heavy atom. The topological polar surface area (TPSA) is 49.4 Å². The number of nitrogens with zero attached hydrogens (tertiary/aromatic N) is 1. The van der Waals surface area contributed by atoms with Gasteiger partial charge in [0.1, 0.15) is 0 Å². The second kappa shape index (κ2) is 4.52. The van der Waals surface area contributed by atoms with Crippen molar-refractivity contribution in [1.82, 2.24) is 10.2 Å². The van der Waals surface area contributed by atoms with Gasteiger partial charge in [-0.1, -0.05) is 0 Å². The lowest BCUT2D eigenvalue weighted by Crippen LogP contribution is -2.36. The van der Waals surface area contributed by atoms with Crippen LogP contribution in [0.15, 0.2) is 0 Å². The molecule has 0 aliphatic carbocycles. The van der Waals surface area contributed by atoms with Crippen molar-refractivity contribution in [3.63, 3.8) is 0 Å². The van der Waals surface area contributed by atoms with E-state index in [2.05, 4.69) is 10.2 Å². The molecule has 0 aromatic heterocycles. The van der Waals surface area contributed by atoms with Crippen LogP contribution in [0.25, 0.3) is 0 Å². The molecule has 1 N–H and O–H groups in total. The fourth-order valence-electron chi connectivity index (χ4n) is 2.69. The van der Waals surface area contributed by atoms with E-state index in [1.807, 2.05) is 0 Å². The number of hydrogen-bond donors (Lipinski definition) is 1. The molecule has 5 heteroatoms. The van der Waals surface area contributed by atoms with Gasteiger partial charge in [-0.3, -0.25) is 0 Å². The first-order valence-electron chi connectivity index (χ1n) is 6.45.